The number of fused-ring (bicyclic) bond motifs is 1. The molecule has 0 saturated heterocycles. The fourth-order valence-electron chi connectivity index (χ4n) is 2.54. The molecule has 1 amide bonds. The molecule has 116 valence electrons. The quantitative estimate of drug-likeness (QED) is 0.867. The van der Waals surface area contributed by atoms with Crippen molar-refractivity contribution in [1.82, 2.24) is 14.9 Å². The van der Waals surface area contributed by atoms with Gasteiger partial charge in [0.2, 0.25) is 0 Å². The number of carbonyl (C=O) groups is 1. The molecule has 0 saturated carbocycles. The third-order valence-electron chi connectivity index (χ3n) is 3.74. The number of aromatic nitrogens is 2. The van der Waals surface area contributed by atoms with Gasteiger partial charge in [-0.05, 0) is 24.7 Å². The van der Waals surface area contributed by atoms with Crippen molar-refractivity contribution in [2.24, 2.45) is 5.41 Å². The number of carboxylic acid groups (broad SMARTS) is 1. The molecule has 21 heavy (non-hydrogen) atoms. The maximum Gasteiger partial charge on any atom is 0.407 e. The van der Waals surface area contributed by atoms with Crippen molar-refractivity contribution in [3.63, 3.8) is 0 Å². The van der Waals surface area contributed by atoms with E-state index in [2.05, 4.69) is 23.8 Å². The van der Waals surface area contributed by atoms with Crippen LogP contribution in [0.25, 0.3) is 0 Å². The van der Waals surface area contributed by atoms with E-state index in [9.17, 15) is 9.18 Å². The van der Waals surface area contributed by atoms with E-state index < -0.39 is 12.8 Å². The van der Waals surface area contributed by atoms with Crippen LogP contribution in [0.2, 0.25) is 5.15 Å². The normalized spacial score (nSPS) is 16.4. The van der Waals surface area contributed by atoms with Gasteiger partial charge in [-0.3, -0.25) is 4.90 Å². The van der Waals surface area contributed by atoms with Crippen molar-refractivity contribution < 1.29 is 14.3 Å². The fraction of sp³-hybridized carbons (Fsp3) is 0.643. The number of amides is 1. The minimum atomic E-state index is -1.19. The molecule has 7 heteroatoms. The number of halogens is 2. The number of hydrogen-bond donors (Lipinski definition) is 1. The predicted molar refractivity (Wildman–Crippen MR) is 77.3 cm³/mol. The summed E-state index contributed by atoms with van der Waals surface area (Å²) in [4.78, 5) is 20.6. The number of hydrogen-bond acceptors (Lipinski definition) is 3. The lowest BCUT2D eigenvalue weighted by Gasteiger charge is -2.31. The lowest BCUT2D eigenvalue weighted by molar-refractivity contribution is 0.137. The van der Waals surface area contributed by atoms with Gasteiger partial charge in [-0.25, -0.2) is 19.2 Å². The van der Waals surface area contributed by atoms with Crippen LogP contribution in [-0.2, 0) is 19.4 Å². The molecule has 0 atom stereocenters. The van der Waals surface area contributed by atoms with Crippen LogP contribution in [0.5, 0.6) is 0 Å². The topological polar surface area (TPSA) is 66.3 Å². The minimum Gasteiger partial charge on any atom is -0.465 e. The molecular weight excluding hydrogens is 297 g/mol. The van der Waals surface area contributed by atoms with E-state index in [-0.39, 0.29) is 18.5 Å². The van der Waals surface area contributed by atoms with Crippen molar-refractivity contribution >= 4 is 17.7 Å². The first-order chi connectivity index (χ1) is 9.82. The van der Waals surface area contributed by atoms with E-state index in [0.29, 0.717) is 11.0 Å². The SMILES string of the molecule is CC1(C)CCc2nc(CN(CCF)C(=O)O)nc(Cl)c2C1. The highest BCUT2D eigenvalue weighted by Crippen LogP contribution is 2.36. The first-order valence-corrected chi connectivity index (χ1v) is 7.28. The fourth-order valence-corrected chi connectivity index (χ4v) is 2.81. The summed E-state index contributed by atoms with van der Waals surface area (Å²) in [7, 11) is 0. The van der Waals surface area contributed by atoms with Crippen molar-refractivity contribution in [1.29, 1.82) is 0 Å². The number of rotatable bonds is 4. The number of alkyl halides is 1. The highest BCUT2D eigenvalue weighted by atomic mass is 35.5. The van der Waals surface area contributed by atoms with Crippen molar-refractivity contribution in [3.8, 4) is 0 Å². The van der Waals surface area contributed by atoms with Crippen LogP contribution in [0.4, 0.5) is 9.18 Å². The molecule has 1 aliphatic carbocycles. The van der Waals surface area contributed by atoms with E-state index in [1.165, 1.54) is 0 Å². The Kier molecular flexibility index (Phi) is 4.66. The van der Waals surface area contributed by atoms with Gasteiger partial charge in [-0.2, -0.15) is 0 Å². The van der Waals surface area contributed by atoms with E-state index in [1.54, 1.807) is 0 Å². The second kappa shape index (κ2) is 6.13. The maximum absolute atomic E-state index is 12.4. The highest BCUT2D eigenvalue weighted by Gasteiger charge is 2.29. The van der Waals surface area contributed by atoms with Gasteiger partial charge in [0.25, 0.3) is 0 Å². The van der Waals surface area contributed by atoms with Gasteiger partial charge in [0.1, 0.15) is 17.7 Å². The lowest BCUT2D eigenvalue weighted by Crippen LogP contribution is -2.32. The van der Waals surface area contributed by atoms with Crippen LogP contribution in [0.1, 0.15) is 37.4 Å². The zero-order valence-electron chi connectivity index (χ0n) is 12.2. The van der Waals surface area contributed by atoms with Crippen molar-refractivity contribution in [3.05, 3.63) is 22.2 Å². The van der Waals surface area contributed by atoms with Crippen LogP contribution in [0.15, 0.2) is 0 Å². The Bertz CT molecular complexity index is 551. The Morgan fingerprint density at radius 2 is 2.19 bits per heavy atom. The maximum atomic E-state index is 12.4. The Morgan fingerprint density at radius 1 is 1.48 bits per heavy atom. The second-order valence-electron chi connectivity index (χ2n) is 6.09. The standard InChI is InChI=1S/C14H19ClFN3O2/c1-14(2)4-3-10-9(7-14)12(15)18-11(17-10)8-19(6-5-16)13(20)21/h3-8H2,1-2H3,(H,20,21). The molecule has 0 radical (unpaired) electrons. The molecule has 0 unspecified atom stereocenters. The molecule has 1 heterocycles. The summed E-state index contributed by atoms with van der Waals surface area (Å²) in [5, 5.41) is 9.40. The highest BCUT2D eigenvalue weighted by molar-refractivity contribution is 6.30. The van der Waals surface area contributed by atoms with Crippen LogP contribution < -0.4 is 0 Å². The van der Waals surface area contributed by atoms with Gasteiger partial charge in [0.05, 0.1) is 13.1 Å². The third-order valence-corrected chi connectivity index (χ3v) is 4.05. The molecule has 0 fully saturated rings. The molecule has 1 aromatic rings. The third kappa shape index (κ3) is 3.81. The molecule has 1 N–H and O–H groups in total. The molecule has 5 nitrogen and oxygen atoms in total. The van der Waals surface area contributed by atoms with E-state index in [4.69, 9.17) is 16.7 Å². The number of nitrogens with zero attached hydrogens (tertiary/aromatic N) is 3. The summed E-state index contributed by atoms with van der Waals surface area (Å²) < 4.78 is 12.4. The molecule has 0 aliphatic heterocycles. The monoisotopic (exact) mass is 315 g/mol. The van der Waals surface area contributed by atoms with E-state index in [0.717, 1.165) is 35.4 Å². The Morgan fingerprint density at radius 3 is 2.81 bits per heavy atom. The zero-order valence-corrected chi connectivity index (χ0v) is 13.0. The molecular formula is C14H19ClFN3O2. The van der Waals surface area contributed by atoms with Crippen molar-refractivity contribution in [2.75, 3.05) is 13.2 Å². The van der Waals surface area contributed by atoms with Crippen LogP contribution in [0, 0.1) is 5.41 Å². The Labute approximate surface area is 128 Å². The summed E-state index contributed by atoms with van der Waals surface area (Å²) >= 11 is 6.22. The molecule has 0 aromatic carbocycles. The van der Waals surface area contributed by atoms with Gasteiger partial charge in [0, 0.05) is 11.3 Å². The minimum absolute atomic E-state index is 0.0460. The first kappa shape index (κ1) is 15.9. The van der Waals surface area contributed by atoms with Gasteiger partial charge >= 0.3 is 6.09 Å². The average Bonchev–Trinajstić information content (AvgIpc) is 2.39. The average molecular weight is 316 g/mol. The lowest BCUT2D eigenvalue weighted by atomic mass is 9.76. The van der Waals surface area contributed by atoms with Crippen LogP contribution >= 0.6 is 11.6 Å². The van der Waals surface area contributed by atoms with Gasteiger partial charge < -0.3 is 5.11 Å². The molecule has 1 aromatic heterocycles. The molecule has 0 bridgehead atoms. The van der Waals surface area contributed by atoms with Crippen LogP contribution in [0.3, 0.4) is 0 Å². The summed E-state index contributed by atoms with van der Waals surface area (Å²) in [6.07, 6.45) is 1.42. The molecule has 2 rings (SSSR count). The van der Waals surface area contributed by atoms with Gasteiger partial charge in [-0.15, -0.1) is 0 Å². The largest absolute Gasteiger partial charge is 0.465 e. The second-order valence-corrected chi connectivity index (χ2v) is 6.45. The molecule has 0 spiro atoms. The summed E-state index contributed by atoms with van der Waals surface area (Å²) in [6, 6.07) is 0. The Balaban J connectivity index is 2.24. The van der Waals surface area contributed by atoms with Gasteiger partial charge in [-0.1, -0.05) is 25.4 Å². The zero-order chi connectivity index (χ0) is 15.6. The number of aryl methyl sites for hydroxylation is 1. The van der Waals surface area contributed by atoms with Gasteiger partial charge in [0.15, 0.2) is 0 Å². The predicted octanol–water partition coefficient (Wildman–Crippen LogP) is 3.09. The van der Waals surface area contributed by atoms with Crippen LogP contribution in [-0.4, -0.2) is 39.3 Å². The molecule has 1 aliphatic rings. The summed E-state index contributed by atoms with van der Waals surface area (Å²) in [6.45, 7) is 3.37. The van der Waals surface area contributed by atoms with Crippen molar-refractivity contribution in [2.45, 2.75) is 39.7 Å². The first-order valence-electron chi connectivity index (χ1n) is 6.90. The smallest absolute Gasteiger partial charge is 0.407 e. The summed E-state index contributed by atoms with van der Waals surface area (Å²) in [5.41, 5.74) is 2.00. The van der Waals surface area contributed by atoms with E-state index >= 15 is 0 Å². The van der Waals surface area contributed by atoms with E-state index in [1.807, 2.05) is 0 Å². The Hall–Kier alpha value is -1.43. The summed E-state index contributed by atoms with van der Waals surface area (Å²) in [5.74, 6) is 0.328.